The van der Waals surface area contributed by atoms with E-state index in [1.54, 1.807) is 0 Å². The lowest BCUT2D eigenvalue weighted by atomic mass is 10.1. The number of aliphatic carboxylic acids is 1. The maximum atomic E-state index is 11.4. The molecule has 0 aliphatic heterocycles. The minimum absolute atomic E-state index is 0.126. The van der Waals surface area contributed by atoms with E-state index in [4.69, 9.17) is 22.3 Å². The average molecular weight is 263 g/mol. The Hall–Kier alpha value is -1.12. The lowest BCUT2D eigenvalue weighted by molar-refractivity contribution is -0.138. The van der Waals surface area contributed by atoms with E-state index in [0.717, 1.165) is 0 Å². The van der Waals surface area contributed by atoms with Gasteiger partial charge in [-0.25, -0.2) is 0 Å². The Balaban J connectivity index is 3.71. The summed E-state index contributed by atoms with van der Waals surface area (Å²) in [5.41, 5.74) is 15.6. The number of carbonyl (C=O) groups is 3. The van der Waals surface area contributed by atoms with Crippen LogP contribution in [0.5, 0.6) is 0 Å². The smallest absolute Gasteiger partial charge is 0.320 e. The number of carboxylic acids is 1. The summed E-state index contributed by atoms with van der Waals surface area (Å²) in [6.45, 7) is 0. The molecule has 0 aromatic heterocycles. The molecule has 0 rings (SSSR count). The second kappa shape index (κ2) is 8.04. The van der Waals surface area contributed by atoms with Crippen molar-refractivity contribution >= 4 is 29.4 Å². The zero-order valence-electron chi connectivity index (χ0n) is 9.30. The number of rotatable bonds is 9. The highest BCUT2D eigenvalue weighted by atomic mass is 32.2. The molecular weight excluding hydrogens is 246 g/mol. The van der Waals surface area contributed by atoms with E-state index in [2.05, 4.69) is 0 Å². The van der Waals surface area contributed by atoms with Crippen LogP contribution in [0.4, 0.5) is 0 Å². The van der Waals surface area contributed by atoms with E-state index >= 15 is 0 Å². The van der Waals surface area contributed by atoms with Crippen LogP contribution in [0.2, 0.25) is 0 Å². The van der Waals surface area contributed by atoms with Crippen molar-refractivity contribution in [3.63, 3.8) is 0 Å². The Morgan fingerprint density at radius 2 is 1.76 bits per heavy atom. The largest absolute Gasteiger partial charge is 0.480 e. The van der Waals surface area contributed by atoms with Crippen LogP contribution in [0.25, 0.3) is 0 Å². The lowest BCUT2D eigenvalue weighted by Gasteiger charge is -2.08. The predicted octanol–water partition coefficient (Wildman–Crippen LogP) is -1.71. The molecule has 0 saturated heterocycles. The van der Waals surface area contributed by atoms with Crippen molar-refractivity contribution in [2.24, 2.45) is 17.2 Å². The molecule has 8 heteroatoms. The molecular formula is C9H17N3O4S. The van der Waals surface area contributed by atoms with Gasteiger partial charge in [0.15, 0.2) is 5.78 Å². The highest BCUT2D eigenvalue weighted by Gasteiger charge is 2.16. The Morgan fingerprint density at radius 3 is 2.24 bits per heavy atom. The van der Waals surface area contributed by atoms with Gasteiger partial charge in [-0.15, -0.1) is 0 Å². The average Bonchev–Trinajstić information content (AvgIpc) is 2.22. The fourth-order valence-corrected chi connectivity index (χ4v) is 1.92. The van der Waals surface area contributed by atoms with E-state index in [1.165, 1.54) is 11.8 Å². The number of Topliss-reactive ketones (excluding diaryl/α,β-unsaturated/α-hetero) is 1. The van der Waals surface area contributed by atoms with Gasteiger partial charge in [0, 0.05) is 6.42 Å². The van der Waals surface area contributed by atoms with Crippen LogP contribution in [0.1, 0.15) is 12.8 Å². The van der Waals surface area contributed by atoms with E-state index in [-0.39, 0.29) is 24.4 Å². The number of amides is 1. The van der Waals surface area contributed by atoms with Gasteiger partial charge in [0.25, 0.3) is 0 Å². The van der Waals surface area contributed by atoms with Gasteiger partial charge in [-0.3, -0.25) is 14.4 Å². The van der Waals surface area contributed by atoms with Crippen LogP contribution in [0.3, 0.4) is 0 Å². The molecule has 98 valence electrons. The summed E-state index contributed by atoms with van der Waals surface area (Å²) >= 11 is 1.24. The van der Waals surface area contributed by atoms with Crippen LogP contribution in [-0.2, 0) is 14.4 Å². The van der Waals surface area contributed by atoms with Crippen LogP contribution in [0, 0.1) is 0 Å². The monoisotopic (exact) mass is 263 g/mol. The molecule has 0 aromatic rings. The van der Waals surface area contributed by atoms with Crippen molar-refractivity contribution in [3.05, 3.63) is 0 Å². The maximum absolute atomic E-state index is 11.4. The molecule has 0 aliphatic carbocycles. The third-order valence-electron chi connectivity index (χ3n) is 1.97. The van der Waals surface area contributed by atoms with Gasteiger partial charge in [-0.05, 0) is 12.2 Å². The highest BCUT2D eigenvalue weighted by molar-refractivity contribution is 7.99. The first kappa shape index (κ1) is 15.9. The van der Waals surface area contributed by atoms with Crippen LogP contribution in [0.15, 0.2) is 0 Å². The van der Waals surface area contributed by atoms with Gasteiger partial charge in [0.05, 0.1) is 11.8 Å². The maximum Gasteiger partial charge on any atom is 0.320 e. The predicted molar refractivity (Wildman–Crippen MR) is 64.3 cm³/mol. The molecule has 0 aromatic carbocycles. The zero-order valence-corrected chi connectivity index (χ0v) is 10.1. The molecule has 0 radical (unpaired) electrons. The van der Waals surface area contributed by atoms with Gasteiger partial charge in [-0.2, -0.15) is 11.8 Å². The number of hydrogen-bond donors (Lipinski definition) is 4. The molecule has 0 spiro atoms. The number of thioether (sulfide) groups is 1. The summed E-state index contributed by atoms with van der Waals surface area (Å²) < 4.78 is 0. The third kappa shape index (κ3) is 7.72. The first-order chi connectivity index (χ1) is 7.84. The van der Waals surface area contributed by atoms with Crippen LogP contribution in [-0.4, -0.2) is 46.4 Å². The SMILES string of the molecule is NC(=O)CC(N)C(=O)CSCC[C@H](N)C(=O)O. The highest BCUT2D eigenvalue weighted by Crippen LogP contribution is 2.06. The molecule has 17 heavy (non-hydrogen) atoms. The molecule has 0 heterocycles. The summed E-state index contributed by atoms with van der Waals surface area (Å²) in [6.07, 6.45) is 0.104. The standard InChI is InChI=1S/C9H17N3O4S/c10-5(9(15)16)1-2-17-4-7(13)6(11)3-8(12)14/h5-6H,1-4,10-11H2,(H2,12,14)(H,15,16)/t5-,6?/m0/s1. The van der Waals surface area contributed by atoms with Gasteiger partial charge in [-0.1, -0.05) is 0 Å². The molecule has 7 nitrogen and oxygen atoms in total. The van der Waals surface area contributed by atoms with Crippen molar-refractivity contribution in [3.8, 4) is 0 Å². The number of carboxylic acid groups (broad SMARTS) is 1. The number of primary amides is 1. The topological polar surface area (TPSA) is 150 Å². The Labute approximate surface area is 103 Å². The molecule has 0 bridgehead atoms. The Bertz CT molecular complexity index is 298. The van der Waals surface area contributed by atoms with Gasteiger partial charge < -0.3 is 22.3 Å². The molecule has 7 N–H and O–H groups in total. The first-order valence-corrected chi connectivity index (χ1v) is 6.12. The Kier molecular flexibility index (Phi) is 7.51. The molecule has 0 saturated carbocycles. The Morgan fingerprint density at radius 1 is 1.18 bits per heavy atom. The van der Waals surface area contributed by atoms with Crippen molar-refractivity contribution in [1.82, 2.24) is 0 Å². The molecule has 2 atom stereocenters. The lowest BCUT2D eigenvalue weighted by Crippen LogP contribution is -2.36. The van der Waals surface area contributed by atoms with E-state index < -0.39 is 24.0 Å². The summed E-state index contributed by atoms with van der Waals surface area (Å²) in [6, 6.07) is -1.80. The molecule has 1 amide bonds. The summed E-state index contributed by atoms with van der Waals surface area (Å²) in [7, 11) is 0. The fourth-order valence-electron chi connectivity index (χ4n) is 0.944. The van der Waals surface area contributed by atoms with Crippen LogP contribution >= 0.6 is 11.8 Å². The van der Waals surface area contributed by atoms with Crippen LogP contribution < -0.4 is 17.2 Å². The zero-order chi connectivity index (χ0) is 13.4. The van der Waals surface area contributed by atoms with Gasteiger partial charge >= 0.3 is 5.97 Å². The summed E-state index contributed by atoms with van der Waals surface area (Å²) in [5.74, 6) is -1.40. The minimum atomic E-state index is -1.07. The van der Waals surface area contributed by atoms with Crippen molar-refractivity contribution in [2.45, 2.75) is 24.9 Å². The fraction of sp³-hybridized carbons (Fsp3) is 0.667. The van der Waals surface area contributed by atoms with E-state index in [0.29, 0.717) is 5.75 Å². The van der Waals surface area contributed by atoms with Crippen molar-refractivity contribution in [2.75, 3.05) is 11.5 Å². The summed E-state index contributed by atoms with van der Waals surface area (Å²) in [5, 5.41) is 8.51. The number of ketones is 1. The molecule has 1 unspecified atom stereocenters. The van der Waals surface area contributed by atoms with Crippen molar-refractivity contribution in [1.29, 1.82) is 0 Å². The minimum Gasteiger partial charge on any atom is -0.480 e. The van der Waals surface area contributed by atoms with E-state index in [9.17, 15) is 14.4 Å². The summed E-state index contributed by atoms with van der Waals surface area (Å²) in [4.78, 5) is 32.2. The first-order valence-electron chi connectivity index (χ1n) is 4.97. The third-order valence-corrected chi connectivity index (χ3v) is 2.98. The number of hydrogen-bond acceptors (Lipinski definition) is 6. The normalized spacial score (nSPS) is 14.0. The van der Waals surface area contributed by atoms with E-state index in [1.807, 2.05) is 0 Å². The second-order valence-corrected chi connectivity index (χ2v) is 4.63. The molecule has 0 aliphatic rings. The second-order valence-electron chi connectivity index (χ2n) is 3.53. The molecule has 0 fully saturated rings. The number of nitrogens with two attached hydrogens (primary N) is 3. The van der Waals surface area contributed by atoms with Gasteiger partial charge in [0.2, 0.25) is 5.91 Å². The van der Waals surface area contributed by atoms with Gasteiger partial charge in [0.1, 0.15) is 6.04 Å². The van der Waals surface area contributed by atoms with Crippen molar-refractivity contribution < 1.29 is 19.5 Å². The quantitative estimate of drug-likeness (QED) is 0.362. The number of carbonyl (C=O) groups excluding carboxylic acids is 2.